The molecule has 1 N–H and O–H groups in total. The fourth-order valence-electron chi connectivity index (χ4n) is 2.32. The Morgan fingerprint density at radius 2 is 2.00 bits per heavy atom. The molecule has 0 spiro atoms. The molecule has 0 amide bonds. The van der Waals surface area contributed by atoms with Crippen LogP contribution < -0.4 is 5.32 Å². The SMILES string of the molecule is O=CC1CCN(C2CCC2)CCCN1. The zero-order chi connectivity index (χ0) is 9.80. The van der Waals surface area contributed by atoms with Crippen LogP contribution in [0.15, 0.2) is 0 Å². The topological polar surface area (TPSA) is 32.3 Å². The highest BCUT2D eigenvalue weighted by Crippen LogP contribution is 2.25. The molecule has 3 heteroatoms. The van der Waals surface area contributed by atoms with Crippen molar-refractivity contribution in [2.24, 2.45) is 0 Å². The van der Waals surface area contributed by atoms with Gasteiger partial charge in [0.05, 0.1) is 6.04 Å². The molecule has 1 heterocycles. The lowest BCUT2D eigenvalue weighted by Gasteiger charge is -2.39. The minimum absolute atomic E-state index is 0.0953. The number of nitrogens with one attached hydrogen (secondary N) is 1. The summed E-state index contributed by atoms with van der Waals surface area (Å²) in [7, 11) is 0. The fraction of sp³-hybridized carbons (Fsp3) is 0.909. The summed E-state index contributed by atoms with van der Waals surface area (Å²) in [6, 6.07) is 0.929. The standard InChI is InChI=1S/C11H20N2O/c14-9-10-5-8-13(7-2-6-12-10)11-3-1-4-11/h9-12H,1-8H2. The largest absolute Gasteiger partial charge is 0.308 e. The first-order chi connectivity index (χ1) is 6.90. The minimum atomic E-state index is 0.0953. The molecular formula is C11H20N2O. The average Bonchev–Trinajstić information content (AvgIpc) is 2.07. The van der Waals surface area contributed by atoms with Crippen molar-refractivity contribution in [1.82, 2.24) is 10.2 Å². The van der Waals surface area contributed by atoms with Crippen LogP contribution in [0, 0.1) is 0 Å². The third-order valence-corrected chi connectivity index (χ3v) is 3.51. The van der Waals surface area contributed by atoms with Gasteiger partial charge in [-0.25, -0.2) is 0 Å². The van der Waals surface area contributed by atoms with Crippen LogP contribution in [0.3, 0.4) is 0 Å². The van der Waals surface area contributed by atoms with Gasteiger partial charge in [-0.3, -0.25) is 0 Å². The number of rotatable bonds is 2. The van der Waals surface area contributed by atoms with Gasteiger partial charge in [-0.05, 0) is 38.8 Å². The highest BCUT2D eigenvalue weighted by molar-refractivity contribution is 5.57. The van der Waals surface area contributed by atoms with E-state index in [0.717, 1.165) is 31.8 Å². The highest BCUT2D eigenvalue weighted by atomic mass is 16.1. The molecule has 1 aliphatic carbocycles. The van der Waals surface area contributed by atoms with Crippen molar-refractivity contribution in [2.75, 3.05) is 19.6 Å². The molecule has 2 rings (SSSR count). The molecule has 1 saturated carbocycles. The van der Waals surface area contributed by atoms with Crippen LogP contribution >= 0.6 is 0 Å². The Morgan fingerprint density at radius 1 is 1.14 bits per heavy atom. The molecule has 14 heavy (non-hydrogen) atoms. The lowest BCUT2D eigenvalue weighted by molar-refractivity contribution is -0.110. The van der Waals surface area contributed by atoms with E-state index < -0.39 is 0 Å². The van der Waals surface area contributed by atoms with E-state index in [1.54, 1.807) is 0 Å². The number of hydrogen-bond acceptors (Lipinski definition) is 3. The van der Waals surface area contributed by atoms with Crippen LogP contribution in [0.1, 0.15) is 32.1 Å². The van der Waals surface area contributed by atoms with Gasteiger partial charge in [0.25, 0.3) is 0 Å². The van der Waals surface area contributed by atoms with Crippen molar-refractivity contribution in [3.8, 4) is 0 Å². The predicted molar refractivity (Wildman–Crippen MR) is 56.3 cm³/mol. The summed E-state index contributed by atoms with van der Waals surface area (Å²) in [6.45, 7) is 3.30. The first-order valence-electron chi connectivity index (χ1n) is 5.83. The predicted octanol–water partition coefficient (Wildman–Crippen LogP) is 0.792. The molecule has 80 valence electrons. The van der Waals surface area contributed by atoms with Crippen molar-refractivity contribution >= 4 is 6.29 Å². The van der Waals surface area contributed by atoms with Crippen LogP contribution in [0.25, 0.3) is 0 Å². The monoisotopic (exact) mass is 196 g/mol. The van der Waals surface area contributed by atoms with Crippen LogP contribution in [-0.4, -0.2) is 42.9 Å². The molecule has 0 aromatic rings. The molecule has 1 saturated heterocycles. The molecule has 1 atom stereocenters. The zero-order valence-electron chi connectivity index (χ0n) is 8.74. The molecule has 0 bridgehead atoms. The highest BCUT2D eigenvalue weighted by Gasteiger charge is 2.25. The fourth-order valence-corrected chi connectivity index (χ4v) is 2.32. The number of carbonyl (C=O) groups excluding carboxylic acids is 1. The minimum Gasteiger partial charge on any atom is -0.308 e. The second-order valence-corrected chi connectivity index (χ2v) is 4.46. The Hall–Kier alpha value is -0.410. The lowest BCUT2D eigenvalue weighted by Crippen LogP contribution is -2.46. The zero-order valence-corrected chi connectivity index (χ0v) is 8.74. The van der Waals surface area contributed by atoms with E-state index in [-0.39, 0.29) is 6.04 Å². The van der Waals surface area contributed by atoms with Gasteiger partial charge in [0.1, 0.15) is 6.29 Å². The molecule has 2 aliphatic rings. The molecule has 1 unspecified atom stereocenters. The van der Waals surface area contributed by atoms with Crippen molar-refractivity contribution < 1.29 is 4.79 Å². The third kappa shape index (κ3) is 2.34. The van der Waals surface area contributed by atoms with Crippen LogP contribution in [0.4, 0.5) is 0 Å². The van der Waals surface area contributed by atoms with Crippen LogP contribution in [0.5, 0.6) is 0 Å². The quantitative estimate of drug-likeness (QED) is 0.663. The maximum absolute atomic E-state index is 10.7. The smallest absolute Gasteiger partial charge is 0.136 e. The average molecular weight is 196 g/mol. The van der Waals surface area contributed by atoms with Gasteiger partial charge in [0.15, 0.2) is 0 Å². The summed E-state index contributed by atoms with van der Waals surface area (Å²) in [4.78, 5) is 13.3. The van der Waals surface area contributed by atoms with Gasteiger partial charge in [-0.1, -0.05) is 6.42 Å². The van der Waals surface area contributed by atoms with Gasteiger partial charge in [-0.2, -0.15) is 0 Å². The number of aldehydes is 1. The van der Waals surface area contributed by atoms with Crippen LogP contribution in [-0.2, 0) is 4.79 Å². The van der Waals surface area contributed by atoms with Crippen molar-refractivity contribution in [2.45, 2.75) is 44.2 Å². The molecule has 1 aliphatic heterocycles. The maximum atomic E-state index is 10.7. The van der Waals surface area contributed by atoms with Gasteiger partial charge >= 0.3 is 0 Å². The van der Waals surface area contributed by atoms with Crippen LogP contribution in [0.2, 0.25) is 0 Å². The van der Waals surface area contributed by atoms with E-state index in [1.165, 1.54) is 32.2 Å². The Labute approximate surface area is 85.8 Å². The summed E-state index contributed by atoms with van der Waals surface area (Å²) < 4.78 is 0. The molecule has 0 aromatic carbocycles. The third-order valence-electron chi connectivity index (χ3n) is 3.51. The van der Waals surface area contributed by atoms with E-state index in [1.807, 2.05) is 0 Å². The van der Waals surface area contributed by atoms with E-state index >= 15 is 0 Å². The van der Waals surface area contributed by atoms with E-state index in [0.29, 0.717) is 0 Å². The van der Waals surface area contributed by atoms with E-state index in [2.05, 4.69) is 10.2 Å². The van der Waals surface area contributed by atoms with E-state index in [9.17, 15) is 4.79 Å². The maximum Gasteiger partial charge on any atom is 0.136 e. The molecular weight excluding hydrogens is 176 g/mol. The van der Waals surface area contributed by atoms with Gasteiger partial charge in [0, 0.05) is 12.6 Å². The lowest BCUT2D eigenvalue weighted by atomic mass is 9.91. The summed E-state index contributed by atoms with van der Waals surface area (Å²) in [6.07, 6.45) is 7.38. The first-order valence-corrected chi connectivity index (χ1v) is 5.83. The Kier molecular flexibility index (Phi) is 3.54. The summed E-state index contributed by atoms with van der Waals surface area (Å²) in [5.74, 6) is 0. The van der Waals surface area contributed by atoms with Gasteiger partial charge in [-0.15, -0.1) is 0 Å². The van der Waals surface area contributed by atoms with Crippen molar-refractivity contribution in [3.63, 3.8) is 0 Å². The Balaban J connectivity index is 1.82. The van der Waals surface area contributed by atoms with Crippen molar-refractivity contribution in [3.05, 3.63) is 0 Å². The molecule has 0 radical (unpaired) electrons. The summed E-state index contributed by atoms with van der Waals surface area (Å²) in [5.41, 5.74) is 0. The first kappa shape index (κ1) is 10.1. The Morgan fingerprint density at radius 3 is 2.64 bits per heavy atom. The Bertz CT molecular complexity index is 192. The second-order valence-electron chi connectivity index (χ2n) is 4.46. The number of nitrogens with zero attached hydrogens (tertiary/aromatic N) is 1. The van der Waals surface area contributed by atoms with Crippen molar-refractivity contribution in [1.29, 1.82) is 0 Å². The summed E-state index contributed by atoms with van der Waals surface area (Å²) in [5, 5.41) is 3.27. The number of carbonyl (C=O) groups is 1. The normalized spacial score (nSPS) is 31.6. The molecule has 0 aromatic heterocycles. The number of hydrogen-bond donors (Lipinski definition) is 1. The van der Waals surface area contributed by atoms with Gasteiger partial charge in [0.2, 0.25) is 0 Å². The second kappa shape index (κ2) is 4.89. The van der Waals surface area contributed by atoms with E-state index in [4.69, 9.17) is 0 Å². The van der Waals surface area contributed by atoms with Gasteiger partial charge < -0.3 is 15.0 Å². The summed E-state index contributed by atoms with van der Waals surface area (Å²) >= 11 is 0. The molecule has 2 fully saturated rings. The molecule has 3 nitrogen and oxygen atoms in total.